The second-order valence-corrected chi connectivity index (χ2v) is 5.20. The first-order valence-electron chi connectivity index (χ1n) is 7.12. The molecule has 1 amide bonds. The Balaban J connectivity index is 2.18. The van der Waals surface area contributed by atoms with Crippen molar-refractivity contribution in [1.29, 1.82) is 0 Å². The zero-order chi connectivity index (χ0) is 14.5. The van der Waals surface area contributed by atoms with Crippen molar-refractivity contribution in [1.82, 2.24) is 4.90 Å². The first-order valence-corrected chi connectivity index (χ1v) is 7.12. The molecule has 0 atom stereocenters. The Morgan fingerprint density at radius 3 is 2.85 bits per heavy atom. The second kappa shape index (κ2) is 6.50. The molecule has 1 aromatic rings. The fourth-order valence-corrected chi connectivity index (χ4v) is 2.30. The number of carbonyl (C=O) groups excluding carboxylic acids is 1. The molecule has 20 heavy (non-hydrogen) atoms. The summed E-state index contributed by atoms with van der Waals surface area (Å²) in [5.74, 6) is 0.910. The van der Waals surface area contributed by atoms with Crippen LogP contribution in [0.15, 0.2) is 18.2 Å². The maximum Gasteiger partial charge on any atom is 0.241 e. The average Bonchev–Trinajstić information content (AvgIpc) is 2.58. The maximum atomic E-state index is 12.0. The Morgan fingerprint density at radius 2 is 2.10 bits per heavy atom. The largest absolute Gasteiger partial charge is 0.493 e. The van der Waals surface area contributed by atoms with E-state index in [9.17, 15) is 4.79 Å². The van der Waals surface area contributed by atoms with Gasteiger partial charge < -0.3 is 20.3 Å². The summed E-state index contributed by atoms with van der Waals surface area (Å²) in [6.45, 7) is 4.79. The monoisotopic (exact) mass is 277 g/mol. The van der Waals surface area contributed by atoms with Crippen LogP contribution in [0.4, 0.5) is 11.4 Å². The van der Waals surface area contributed by atoms with Crippen LogP contribution in [-0.2, 0) is 4.79 Å². The Morgan fingerprint density at radius 1 is 1.30 bits per heavy atom. The molecule has 1 aliphatic heterocycles. The van der Waals surface area contributed by atoms with Crippen LogP contribution in [0, 0.1) is 0 Å². The van der Waals surface area contributed by atoms with Crippen molar-refractivity contribution in [2.24, 2.45) is 0 Å². The molecule has 0 aromatic heterocycles. The number of ether oxygens (including phenoxy) is 1. The van der Waals surface area contributed by atoms with Crippen molar-refractivity contribution in [3.63, 3.8) is 0 Å². The Bertz CT molecular complexity index is 476. The number of benzene rings is 1. The minimum absolute atomic E-state index is 0.140. The first-order chi connectivity index (χ1) is 9.60. The van der Waals surface area contributed by atoms with Crippen molar-refractivity contribution in [2.75, 3.05) is 43.9 Å². The zero-order valence-electron chi connectivity index (χ0n) is 12.3. The molecule has 2 N–H and O–H groups in total. The lowest BCUT2D eigenvalue weighted by molar-refractivity contribution is -0.127. The van der Waals surface area contributed by atoms with Gasteiger partial charge in [-0.05, 0) is 18.9 Å². The van der Waals surface area contributed by atoms with Gasteiger partial charge >= 0.3 is 0 Å². The number of anilines is 2. The molecule has 1 fully saturated rings. The molecular weight excluding hydrogens is 254 g/mol. The molecule has 110 valence electrons. The topological polar surface area (TPSA) is 58.8 Å². The quantitative estimate of drug-likeness (QED) is 0.851. The van der Waals surface area contributed by atoms with Crippen molar-refractivity contribution < 1.29 is 9.53 Å². The molecule has 5 nitrogen and oxygen atoms in total. The Hall–Kier alpha value is -1.91. The van der Waals surface area contributed by atoms with Gasteiger partial charge in [-0.1, -0.05) is 6.92 Å². The van der Waals surface area contributed by atoms with Gasteiger partial charge in [-0.3, -0.25) is 4.79 Å². The molecule has 0 saturated carbocycles. The van der Waals surface area contributed by atoms with E-state index >= 15 is 0 Å². The predicted molar refractivity (Wildman–Crippen MR) is 81.1 cm³/mol. The molecule has 0 radical (unpaired) electrons. The number of nitrogen functional groups attached to an aromatic ring is 1. The summed E-state index contributed by atoms with van der Waals surface area (Å²) in [6.07, 6.45) is 1.92. The number of nitrogens with two attached hydrogens (primary N) is 1. The van der Waals surface area contributed by atoms with E-state index in [-0.39, 0.29) is 5.91 Å². The van der Waals surface area contributed by atoms with Gasteiger partial charge in [0, 0.05) is 43.6 Å². The van der Waals surface area contributed by atoms with Crippen LogP contribution in [0.2, 0.25) is 0 Å². The van der Waals surface area contributed by atoms with E-state index in [2.05, 4.69) is 11.8 Å². The third-order valence-electron chi connectivity index (χ3n) is 3.43. The smallest absolute Gasteiger partial charge is 0.241 e. The molecule has 5 heteroatoms. The van der Waals surface area contributed by atoms with Crippen molar-refractivity contribution >= 4 is 17.3 Å². The van der Waals surface area contributed by atoms with Gasteiger partial charge in [0.2, 0.25) is 5.91 Å². The number of carbonyl (C=O) groups is 1. The van der Waals surface area contributed by atoms with E-state index in [0.717, 1.165) is 37.4 Å². The number of amides is 1. The van der Waals surface area contributed by atoms with Crippen LogP contribution in [0.25, 0.3) is 0 Å². The first kappa shape index (κ1) is 14.5. The van der Waals surface area contributed by atoms with Gasteiger partial charge in [-0.15, -0.1) is 0 Å². The zero-order valence-corrected chi connectivity index (χ0v) is 12.3. The lowest BCUT2D eigenvalue weighted by Crippen LogP contribution is -2.34. The summed E-state index contributed by atoms with van der Waals surface area (Å²) in [4.78, 5) is 15.8. The highest BCUT2D eigenvalue weighted by molar-refractivity contribution is 5.82. The summed E-state index contributed by atoms with van der Waals surface area (Å²) in [7, 11) is 1.85. The normalized spacial score (nSPS) is 16.2. The molecule has 0 unspecified atom stereocenters. The van der Waals surface area contributed by atoms with E-state index in [1.165, 1.54) is 0 Å². The van der Waals surface area contributed by atoms with Crippen LogP contribution in [0.5, 0.6) is 5.75 Å². The molecular formula is C15H23N3O2. The summed E-state index contributed by atoms with van der Waals surface area (Å²) >= 11 is 0. The fraction of sp³-hybridized carbons (Fsp3) is 0.533. The van der Waals surface area contributed by atoms with Crippen LogP contribution < -0.4 is 15.4 Å². The minimum atomic E-state index is 0.140. The van der Waals surface area contributed by atoms with E-state index in [1.54, 1.807) is 4.90 Å². The summed E-state index contributed by atoms with van der Waals surface area (Å²) in [6, 6.07) is 5.69. The third kappa shape index (κ3) is 3.56. The van der Waals surface area contributed by atoms with Crippen molar-refractivity contribution in [2.45, 2.75) is 19.8 Å². The predicted octanol–water partition coefficient (Wildman–Crippen LogP) is 1.73. The lowest BCUT2D eigenvalue weighted by atomic mass is 10.2. The molecule has 0 spiro atoms. The lowest BCUT2D eigenvalue weighted by Gasteiger charge is -2.23. The maximum absolute atomic E-state index is 12.0. The van der Waals surface area contributed by atoms with Gasteiger partial charge in [-0.25, -0.2) is 0 Å². The van der Waals surface area contributed by atoms with Crippen LogP contribution >= 0.6 is 0 Å². The van der Waals surface area contributed by atoms with Gasteiger partial charge in [-0.2, -0.15) is 0 Å². The molecule has 1 aliphatic rings. The standard InChI is InChI=1S/C15H23N3O2/c1-3-7-20-14-9-12(16)8-13(10-14)18-6-4-5-17(2)15(19)11-18/h8-10H,3-7,11,16H2,1-2H3. The highest BCUT2D eigenvalue weighted by Gasteiger charge is 2.19. The van der Waals surface area contributed by atoms with Gasteiger partial charge in [0.1, 0.15) is 5.75 Å². The highest BCUT2D eigenvalue weighted by atomic mass is 16.5. The third-order valence-corrected chi connectivity index (χ3v) is 3.43. The molecule has 1 saturated heterocycles. The second-order valence-electron chi connectivity index (χ2n) is 5.20. The number of nitrogens with zero attached hydrogens (tertiary/aromatic N) is 2. The Kier molecular flexibility index (Phi) is 4.71. The molecule has 1 heterocycles. The fourth-order valence-electron chi connectivity index (χ4n) is 2.30. The Labute approximate surface area is 120 Å². The SMILES string of the molecule is CCCOc1cc(N)cc(N2CCCN(C)C(=O)C2)c1. The van der Waals surface area contributed by atoms with E-state index in [0.29, 0.717) is 18.8 Å². The molecule has 1 aromatic carbocycles. The van der Waals surface area contributed by atoms with Crippen LogP contribution in [-0.4, -0.2) is 44.1 Å². The summed E-state index contributed by atoms with van der Waals surface area (Å²) in [5.41, 5.74) is 7.56. The van der Waals surface area contributed by atoms with E-state index in [4.69, 9.17) is 10.5 Å². The van der Waals surface area contributed by atoms with Crippen LogP contribution in [0.3, 0.4) is 0 Å². The van der Waals surface area contributed by atoms with Crippen molar-refractivity contribution in [3.05, 3.63) is 18.2 Å². The minimum Gasteiger partial charge on any atom is -0.493 e. The average molecular weight is 277 g/mol. The molecule has 0 aliphatic carbocycles. The van der Waals surface area contributed by atoms with Crippen molar-refractivity contribution in [3.8, 4) is 5.75 Å². The molecule has 0 bridgehead atoms. The van der Waals surface area contributed by atoms with E-state index < -0.39 is 0 Å². The van der Waals surface area contributed by atoms with E-state index in [1.807, 2.05) is 25.2 Å². The van der Waals surface area contributed by atoms with Gasteiger partial charge in [0.05, 0.1) is 13.2 Å². The van der Waals surface area contributed by atoms with Gasteiger partial charge in [0.15, 0.2) is 0 Å². The number of rotatable bonds is 4. The molecule has 2 rings (SSSR count). The summed E-state index contributed by atoms with van der Waals surface area (Å²) < 4.78 is 5.64. The summed E-state index contributed by atoms with van der Waals surface area (Å²) in [5, 5.41) is 0. The highest BCUT2D eigenvalue weighted by Crippen LogP contribution is 2.26. The van der Waals surface area contributed by atoms with Gasteiger partial charge in [0.25, 0.3) is 0 Å². The number of hydrogen-bond acceptors (Lipinski definition) is 4. The number of hydrogen-bond donors (Lipinski definition) is 1. The van der Waals surface area contributed by atoms with Crippen LogP contribution in [0.1, 0.15) is 19.8 Å². The number of likely N-dealkylation sites (N-methyl/N-ethyl adjacent to an activating group) is 1.